The Morgan fingerprint density at radius 1 is 1.08 bits per heavy atom. The molecule has 1 rings (SSSR count). The van der Waals surface area contributed by atoms with Crippen molar-refractivity contribution < 1.29 is 28.6 Å². The number of carbonyl (C=O) groups excluding carboxylic acids is 3. The lowest BCUT2D eigenvalue weighted by Gasteiger charge is -2.18. The fourth-order valence-corrected chi connectivity index (χ4v) is 1.91. The molecule has 0 aliphatic rings. The summed E-state index contributed by atoms with van der Waals surface area (Å²) in [6.07, 6.45) is 0.434. The van der Waals surface area contributed by atoms with E-state index in [1.165, 1.54) is 7.11 Å². The summed E-state index contributed by atoms with van der Waals surface area (Å²) in [5.41, 5.74) is 0. The zero-order valence-corrected chi connectivity index (χ0v) is 14.1. The molecule has 0 fully saturated rings. The second-order valence-electron chi connectivity index (χ2n) is 5.54. The minimum atomic E-state index is -0.762. The quantitative estimate of drug-likeness (QED) is 0.683. The fourth-order valence-electron chi connectivity index (χ4n) is 1.91. The molecule has 0 aliphatic heterocycles. The third kappa shape index (κ3) is 7.62. The standard InChI is InChI=1S/C17H23NO6/c1-12(2)9-14(17(21)22-3)18-15(19)10-24-16(20)11-23-13-7-5-4-6-8-13/h4-8,12,14H,9-11H2,1-3H3,(H,18,19)/t14-/m0/s1. The summed E-state index contributed by atoms with van der Waals surface area (Å²) in [5, 5.41) is 2.50. The maximum Gasteiger partial charge on any atom is 0.344 e. The molecule has 1 N–H and O–H groups in total. The molecule has 0 aromatic heterocycles. The molecule has 0 unspecified atom stereocenters. The van der Waals surface area contributed by atoms with E-state index >= 15 is 0 Å². The van der Waals surface area contributed by atoms with Crippen molar-refractivity contribution in [1.82, 2.24) is 5.32 Å². The van der Waals surface area contributed by atoms with Crippen LogP contribution in [0.2, 0.25) is 0 Å². The molecule has 1 atom stereocenters. The van der Waals surface area contributed by atoms with Gasteiger partial charge in [-0.3, -0.25) is 4.79 Å². The normalized spacial score (nSPS) is 11.5. The van der Waals surface area contributed by atoms with Crippen molar-refractivity contribution in [1.29, 1.82) is 0 Å². The minimum absolute atomic E-state index is 0.191. The molecule has 0 saturated heterocycles. The van der Waals surface area contributed by atoms with Crippen molar-refractivity contribution in [3.63, 3.8) is 0 Å². The topological polar surface area (TPSA) is 90.9 Å². The highest BCUT2D eigenvalue weighted by atomic mass is 16.6. The lowest BCUT2D eigenvalue weighted by molar-refractivity contribution is -0.151. The Kier molecular flexibility index (Phi) is 8.32. The molecule has 0 aliphatic carbocycles. The summed E-state index contributed by atoms with van der Waals surface area (Å²) < 4.78 is 14.7. The van der Waals surface area contributed by atoms with Crippen LogP contribution in [0.1, 0.15) is 20.3 Å². The highest BCUT2D eigenvalue weighted by molar-refractivity contribution is 5.86. The predicted molar refractivity (Wildman–Crippen MR) is 86.3 cm³/mol. The summed E-state index contributed by atoms with van der Waals surface area (Å²) in [4.78, 5) is 35.0. The highest BCUT2D eigenvalue weighted by Crippen LogP contribution is 2.08. The Labute approximate surface area is 141 Å². The molecule has 0 radical (unpaired) electrons. The third-order valence-corrected chi connectivity index (χ3v) is 2.99. The van der Waals surface area contributed by atoms with Gasteiger partial charge in [0.05, 0.1) is 7.11 Å². The molecule has 132 valence electrons. The molecule has 0 bridgehead atoms. The fraction of sp³-hybridized carbons (Fsp3) is 0.471. The first-order chi connectivity index (χ1) is 11.4. The van der Waals surface area contributed by atoms with E-state index in [9.17, 15) is 14.4 Å². The van der Waals surface area contributed by atoms with Gasteiger partial charge >= 0.3 is 11.9 Å². The van der Waals surface area contributed by atoms with Crippen LogP contribution in [0.3, 0.4) is 0 Å². The van der Waals surface area contributed by atoms with Crippen LogP contribution in [0.25, 0.3) is 0 Å². The van der Waals surface area contributed by atoms with Crippen LogP contribution in [0, 0.1) is 5.92 Å². The monoisotopic (exact) mass is 337 g/mol. The third-order valence-electron chi connectivity index (χ3n) is 2.99. The number of para-hydroxylation sites is 1. The average molecular weight is 337 g/mol. The van der Waals surface area contributed by atoms with Crippen molar-refractivity contribution in [3.05, 3.63) is 30.3 Å². The summed E-state index contributed by atoms with van der Waals surface area (Å²) in [5.74, 6) is -1.06. The number of hydrogen-bond donors (Lipinski definition) is 1. The van der Waals surface area contributed by atoms with Crippen LogP contribution in [0.15, 0.2) is 30.3 Å². The van der Waals surface area contributed by atoms with Crippen LogP contribution in [0.5, 0.6) is 5.75 Å². The molecule has 1 aromatic carbocycles. The second kappa shape index (κ2) is 10.3. The highest BCUT2D eigenvalue weighted by Gasteiger charge is 2.23. The second-order valence-corrected chi connectivity index (χ2v) is 5.54. The average Bonchev–Trinajstić information content (AvgIpc) is 2.57. The van der Waals surface area contributed by atoms with Crippen molar-refractivity contribution in [3.8, 4) is 5.75 Å². The van der Waals surface area contributed by atoms with Crippen LogP contribution < -0.4 is 10.1 Å². The van der Waals surface area contributed by atoms with Crippen molar-refractivity contribution >= 4 is 17.8 Å². The molecule has 0 heterocycles. The van der Waals surface area contributed by atoms with Crippen molar-refractivity contribution in [2.24, 2.45) is 5.92 Å². The number of ether oxygens (including phenoxy) is 3. The van der Waals surface area contributed by atoms with Gasteiger partial charge in [0.15, 0.2) is 13.2 Å². The number of carbonyl (C=O) groups is 3. The predicted octanol–water partition coefficient (Wildman–Crippen LogP) is 1.31. The first kappa shape index (κ1) is 19.5. The van der Waals surface area contributed by atoms with E-state index in [2.05, 4.69) is 10.1 Å². The molecule has 7 nitrogen and oxygen atoms in total. The molecule has 24 heavy (non-hydrogen) atoms. The molecule has 0 spiro atoms. The molecular weight excluding hydrogens is 314 g/mol. The van der Waals surface area contributed by atoms with Crippen molar-refractivity contribution in [2.75, 3.05) is 20.3 Å². The van der Waals surface area contributed by atoms with Crippen LogP contribution >= 0.6 is 0 Å². The van der Waals surface area contributed by atoms with E-state index < -0.39 is 30.5 Å². The van der Waals surface area contributed by atoms with Gasteiger partial charge in [0.1, 0.15) is 11.8 Å². The van der Waals surface area contributed by atoms with E-state index in [0.717, 1.165) is 0 Å². The Morgan fingerprint density at radius 3 is 2.33 bits per heavy atom. The van der Waals surface area contributed by atoms with Gasteiger partial charge < -0.3 is 19.5 Å². The number of nitrogens with one attached hydrogen (secondary N) is 1. The Balaban J connectivity index is 2.35. The van der Waals surface area contributed by atoms with Gasteiger partial charge in [-0.25, -0.2) is 9.59 Å². The lowest BCUT2D eigenvalue weighted by atomic mass is 10.0. The van der Waals surface area contributed by atoms with E-state index in [-0.39, 0.29) is 12.5 Å². The first-order valence-electron chi connectivity index (χ1n) is 7.63. The number of esters is 2. The van der Waals surface area contributed by atoms with Gasteiger partial charge in [-0.1, -0.05) is 32.0 Å². The van der Waals surface area contributed by atoms with Crippen LogP contribution in [-0.2, 0) is 23.9 Å². The van der Waals surface area contributed by atoms with Crippen LogP contribution in [-0.4, -0.2) is 44.2 Å². The zero-order valence-electron chi connectivity index (χ0n) is 14.1. The van der Waals surface area contributed by atoms with Gasteiger partial charge in [-0.15, -0.1) is 0 Å². The summed E-state index contributed by atoms with van der Waals surface area (Å²) in [6, 6.07) is 8.01. The molecule has 1 aromatic rings. The Bertz CT molecular complexity index is 543. The van der Waals surface area contributed by atoms with Crippen LogP contribution in [0.4, 0.5) is 0 Å². The van der Waals surface area contributed by atoms with E-state index in [4.69, 9.17) is 9.47 Å². The maximum absolute atomic E-state index is 11.8. The summed E-state index contributed by atoms with van der Waals surface area (Å²) >= 11 is 0. The molecule has 7 heteroatoms. The number of benzene rings is 1. The van der Waals surface area contributed by atoms with Gasteiger partial charge in [0.2, 0.25) is 0 Å². The van der Waals surface area contributed by atoms with Crippen molar-refractivity contribution in [2.45, 2.75) is 26.3 Å². The van der Waals surface area contributed by atoms with E-state index in [1.54, 1.807) is 24.3 Å². The lowest BCUT2D eigenvalue weighted by Crippen LogP contribution is -2.44. The maximum atomic E-state index is 11.8. The number of methoxy groups -OCH3 is 1. The molecule has 0 saturated carbocycles. The summed E-state index contributed by atoms with van der Waals surface area (Å²) in [7, 11) is 1.25. The SMILES string of the molecule is COC(=O)[C@H](CC(C)C)NC(=O)COC(=O)COc1ccccc1. The Hall–Kier alpha value is -2.57. The van der Waals surface area contributed by atoms with Gasteiger partial charge in [-0.2, -0.15) is 0 Å². The van der Waals surface area contributed by atoms with Gasteiger partial charge in [0.25, 0.3) is 5.91 Å². The number of hydrogen-bond acceptors (Lipinski definition) is 6. The largest absolute Gasteiger partial charge is 0.482 e. The van der Waals surface area contributed by atoms with E-state index in [0.29, 0.717) is 12.2 Å². The smallest absolute Gasteiger partial charge is 0.344 e. The first-order valence-corrected chi connectivity index (χ1v) is 7.63. The molecule has 1 amide bonds. The molecular formula is C17H23NO6. The number of rotatable bonds is 9. The zero-order chi connectivity index (χ0) is 17.9. The Morgan fingerprint density at radius 2 is 1.75 bits per heavy atom. The summed E-state index contributed by atoms with van der Waals surface area (Å²) in [6.45, 7) is 3.05. The van der Waals surface area contributed by atoms with Gasteiger partial charge in [0, 0.05) is 0 Å². The minimum Gasteiger partial charge on any atom is -0.482 e. The number of amides is 1. The van der Waals surface area contributed by atoms with E-state index in [1.807, 2.05) is 19.9 Å². The van der Waals surface area contributed by atoms with Gasteiger partial charge in [-0.05, 0) is 24.5 Å².